The predicted molar refractivity (Wildman–Crippen MR) is 90.3 cm³/mol. The summed E-state index contributed by atoms with van der Waals surface area (Å²) in [5, 5.41) is 3.24. The minimum absolute atomic E-state index is 0.0116. The summed E-state index contributed by atoms with van der Waals surface area (Å²) in [7, 11) is 0. The number of nitrogens with one attached hydrogen (secondary N) is 1. The minimum Gasteiger partial charge on any atom is -0.365 e. The highest BCUT2D eigenvalue weighted by Crippen LogP contribution is 2.13. The average Bonchev–Trinajstić information content (AvgIpc) is 2.61. The van der Waals surface area contributed by atoms with Gasteiger partial charge in [0.05, 0.1) is 12.4 Å². The third-order valence-corrected chi connectivity index (χ3v) is 4.07. The van der Waals surface area contributed by atoms with E-state index in [1.165, 1.54) is 17.5 Å². The first-order valence-electron chi connectivity index (χ1n) is 8.13. The number of carbonyl (C=O) groups is 1. The van der Waals surface area contributed by atoms with Gasteiger partial charge in [-0.3, -0.25) is 4.79 Å². The van der Waals surface area contributed by atoms with E-state index in [0.717, 1.165) is 25.9 Å². The molecule has 1 aliphatic rings. The van der Waals surface area contributed by atoms with E-state index in [1.54, 1.807) is 12.4 Å². The summed E-state index contributed by atoms with van der Waals surface area (Å²) in [6.07, 6.45) is 6.56. The van der Waals surface area contributed by atoms with Crippen LogP contribution in [0.5, 0.6) is 0 Å². The molecule has 2 aromatic rings. The van der Waals surface area contributed by atoms with Gasteiger partial charge in [0.1, 0.15) is 11.5 Å². The smallest absolute Gasteiger partial charge is 0.274 e. The van der Waals surface area contributed by atoms with Gasteiger partial charge >= 0.3 is 0 Å². The SMILES string of the molecule is Cc1cccc(CNc2cnc(C(=O)N3CCCCC3)cn2)c1. The molecule has 0 radical (unpaired) electrons. The van der Waals surface area contributed by atoms with Crippen LogP contribution in [0.15, 0.2) is 36.7 Å². The first-order chi connectivity index (χ1) is 11.2. The second-order valence-corrected chi connectivity index (χ2v) is 5.98. The van der Waals surface area contributed by atoms with Crippen LogP contribution < -0.4 is 5.32 Å². The monoisotopic (exact) mass is 310 g/mol. The highest BCUT2D eigenvalue weighted by Gasteiger charge is 2.19. The molecule has 1 amide bonds. The number of likely N-dealkylation sites (tertiary alicyclic amines) is 1. The molecule has 1 fully saturated rings. The van der Waals surface area contributed by atoms with Gasteiger partial charge in [-0.25, -0.2) is 9.97 Å². The highest BCUT2D eigenvalue weighted by molar-refractivity contribution is 5.92. The Morgan fingerprint density at radius 1 is 1.17 bits per heavy atom. The number of aryl methyl sites for hydroxylation is 1. The summed E-state index contributed by atoms with van der Waals surface area (Å²) < 4.78 is 0. The normalized spacial score (nSPS) is 14.6. The van der Waals surface area contributed by atoms with Crippen LogP contribution in [0, 0.1) is 6.92 Å². The number of nitrogens with zero attached hydrogens (tertiary/aromatic N) is 3. The van der Waals surface area contributed by atoms with Crippen molar-refractivity contribution in [2.45, 2.75) is 32.7 Å². The van der Waals surface area contributed by atoms with Crippen molar-refractivity contribution in [3.63, 3.8) is 0 Å². The molecule has 1 aliphatic heterocycles. The molecule has 1 aromatic heterocycles. The maximum atomic E-state index is 12.3. The fourth-order valence-electron chi connectivity index (χ4n) is 2.80. The van der Waals surface area contributed by atoms with E-state index >= 15 is 0 Å². The number of benzene rings is 1. The number of aromatic nitrogens is 2. The summed E-state index contributed by atoms with van der Waals surface area (Å²) in [6, 6.07) is 8.32. The number of piperidine rings is 1. The molecule has 5 heteroatoms. The summed E-state index contributed by atoms with van der Waals surface area (Å²) >= 11 is 0. The van der Waals surface area contributed by atoms with Crippen LogP contribution in [0.1, 0.15) is 40.9 Å². The van der Waals surface area contributed by atoms with Gasteiger partial charge in [-0.2, -0.15) is 0 Å². The van der Waals surface area contributed by atoms with Crippen molar-refractivity contribution in [2.24, 2.45) is 0 Å². The second-order valence-electron chi connectivity index (χ2n) is 5.98. The largest absolute Gasteiger partial charge is 0.365 e. The van der Waals surface area contributed by atoms with Crippen molar-refractivity contribution in [3.8, 4) is 0 Å². The third-order valence-electron chi connectivity index (χ3n) is 4.07. The van der Waals surface area contributed by atoms with Gasteiger partial charge in [0.25, 0.3) is 5.91 Å². The molecule has 1 aromatic carbocycles. The van der Waals surface area contributed by atoms with E-state index in [2.05, 4.69) is 40.4 Å². The van der Waals surface area contributed by atoms with Gasteiger partial charge < -0.3 is 10.2 Å². The van der Waals surface area contributed by atoms with E-state index in [-0.39, 0.29) is 5.91 Å². The Morgan fingerprint density at radius 3 is 2.70 bits per heavy atom. The van der Waals surface area contributed by atoms with Crippen LogP contribution in [0.2, 0.25) is 0 Å². The number of amides is 1. The molecule has 120 valence electrons. The Bertz CT molecular complexity index is 663. The van der Waals surface area contributed by atoms with E-state index in [4.69, 9.17) is 0 Å². The van der Waals surface area contributed by atoms with E-state index in [9.17, 15) is 4.79 Å². The zero-order valence-corrected chi connectivity index (χ0v) is 13.5. The fraction of sp³-hybridized carbons (Fsp3) is 0.389. The van der Waals surface area contributed by atoms with Crippen LogP contribution in [0.3, 0.4) is 0 Å². The lowest BCUT2D eigenvalue weighted by atomic mass is 10.1. The van der Waals surface area contributed by atoms with Gasteiger partial charge in [0, 0.05) is 19.6 Å². The van der Waals surface area contributed by atoms with Crippen molar-refractivity contribution in [1.82, 2.24) is 14.9 Å². The Hall–Kier alpha value is -2.43. The van der Waals surface area contributed by atoms with Crippen LogP contribution in [-0.4, -0.2) is 33.9 Å². The third kappa shape index (κ3) is 4.06. The molecule has 1 saturated heterocycles. The zero-order chi connectivity index (χ0) is 16.1. The summed E-state index contributed by atoms with van der Waals surface area (Å²) in [6.45, 7) is 4.42. The summed E-state index contributed by atoms with van der Waals surface area (Å²) in [5.41, 5.74) is 2.85. The standard InChI is InChI=1S/C18H22N4O/c1-14-6-5-7-15(10-14)11-20-17-13-19-16(12-21-17)18(23)22-8-3-2-4-9-22/h5-7,10,12-13H,2-4,8-9,11H2,1H3,(H,20,21). The van der Waals surface area contributed by atoms with Crippen LogP contribution >= 0.6 is 0 Å². The number of rotatable bonds is 4. The fourth-order valence-corrected chi connectivity index (χ4v) is 2.80. The van der Waals surface area contributed by atoms with Gasteiger partial charge in [-0.15, -0.1) is 0 Å². The lowest BCUT2D eigenvalue weighted by Gasteiger charge is -2.26. The average molecular weight is 310 g/mol. The molecule has 0 unspecified atom stereocenters. The Labute approximate surface area is 136 Å². The molecule has 0 saturated carbocycles. The highest BCUT2D eigenvalue weighted by atomic mass is 16.2. The van der Waals surface area contributed by atoms with Crippen molar-refractivity contribution >= 4 is 11.7 Å². The van der Waals surface area contributed by atoms with Gasteiger partial charge in [0.15, 0.2) is 0 Å². The van der Waals surface area contributed by atoms with Gasteiger partial charge in [0.2, 0.25) is 0 Å². The number of carbonyl (C=O) groups excluding carboxylic acids is 1. The minimum atomic E-state index is -0.0116. The van der Waals surface area contributed by atoms with Crippen molar-refractivity contribution in [3.05, 3.63) is 53.5 Å². The Balaban J connectivity index is 1.59. The summed E-state index contributed by atoms with van der Waals surface area (Å²) in [5.74, 6) is 0.670. The first-order valence-corrected chi connectivity index (χ1v) is 8.13. The van der Waals surface area contributed by atoms with Crippen molar-refractivity contribution < 1.29 is 4.79 Å². The molecule has 0 bridgehead atoms. The molecule has 3 rings (SSSR count). The molecule has 23 heavy (non-hydrogen) atoms. The molecule has 0 spiro atoms. The number of hydrogen-bond donors (Lipinski definition) is 1. The number of hydrogen-bond acceptors (Lipinski definition) is 4. The molecule has 0 aliphatic carbocycles. The van der Waals surface area contributed by atoms with Gasteiger partial charge in [-0.1, -0.05) is 29.8 Å². The molecule has 2 heterocycles. The lowest BCUT2D eigenvalue weighted by Crippen LogP contribution is -2.36. The lowest BCUT2D eigenvalue weighted by molar-refractivity contribution is 0.0718. The number of anilines is 1. The van der Waals surface area contributed by atoms with E-state index < -0.39 is 0 Å². The molecule has 5 nitrogen and oxygen atoms in total. The van der Waals surface area contributed by atoms with Crippen LogP contribution in [0.25, 0.3) is 0 Å². The van der Waals surface area contributed by atoms with Crippen LogP contribution in [0.4, 0.5) is 5.82 Å². The van der Waals surface area contributed by atoms with Gasteiger partial charge in [-0.05, 0) is 31.7 Å². The Kier molecular flexibility index (Phi) is 4.86. The van der Waals surface area contributed by atoms with Crippen molar-refractivity contribution in [1.29, 1.82) is 0 Å². The van der Waals surface area contributed by atoms with E-state index in [0.29, 0.717) is 18.1 Å². The maximum Gasteiger partial charge on any atom is 0.274 e. The zero-order valence-electron chi connectivity index (χ0n) is 13.5. The topological polar surface area (TPSA) is 58.1 Å². The second kappa shape index (κ2) is 7.22. The predicted octanol–water partition coefficient (Wildman–Crippen LogP) is 3.02. The molecule has 1 N–H and O–H groups in total. The quantitative estimate of drug-likeness (QED) is 0.943. The Morgan fingerprint density at radius 2 is 2.00 bits per heavy atom. The summed E-state index contributed by atoms with van der Waals surface area (Å²) in [4.78, 5) is 22.8. The van der Waals surface area contributed by atoms with Crippen LogP contribution in [-0.2, 0) is 6.54 Å². The molecular weight excluding hydrogens is 288 g/mol. The first kappa shape index (κ1) is 15.5. The molecule has 0 atom stereocenters. The van der Waals surface area contributed by atoms with E-state index in [1.807, 2.05) is 11.0 Å². The van der Waals surface area contributed by atoms with Crippen molar-refractivity contribution in [2.75, 3.05) is 18.4 Å². The molecular formula is C18H22N4O. The maximum absolute atomic E-state index is 12.3.